The van der Waals surface area contributed by atoms with Gasteiger partial charge < -0.3 is 71.0 Å². The second kappa shape index (κ2) is 442. The van der Waals surface area contributed by atoms with Crippen molar-refractivity contribution in [1.29, 1.82) is 31.6 Å². The quantitative estimate of drug-likeness (QED) is 0.404. The van der Waals surface area contributed by atoms with E-state index in [-0.39, 0.29) is 0 Å². The molecule has 1 radical (unpaired) electrons. The molecule has 0 atom stereocenters. The van der Waals surface area contributed by atoms with Crippen LogP contribution in [-0.2, 0) is 11.7 Å². The van der Waals surface area contributed by atoms with E-state index in [0.29, 0.717) is 0 Å². The van der Waals surface area contributed by atoms with E-state index in [9.17, 15) is 0 Å². The van der Waals surface area contributed by atoms with Crippen LogP contribution in [0.4, 0.5) is 0 Å². The second-order valence-electron chi connectivity index (χ2n) is 0. The summed E-state index contributed by atoms with van der Waals surface area (Å²) in [6.07, 6.45) is 0. The fourth-order valence-corrected chi connectivity index (χ4v) is 0. The molecule has 0 heterocycles. The zero-order chi connectivity index (χ0) is 14.0. The fraction of sp³-hybridized carbons (Fsp3) is 0. The molecular formula is C6BiFeN6-6. The molecule has 0 rings (SSSR count). The van der Waals surface area contributed by atoms with Gasteiger partial charge in [-0.05, 0) is 0 Å². The molecule has 0 unspecified atom stereocenters. The molecule has 14 heavy (non-hydrogen) atoms. The average molecular weight is 421 g/mol. The van der Waals surface area contributed by atoms with Crippen LogP contribution < -0.4 is 0 Å². The maximum absolute atomic E-state index is 6.25. The van der Waals surface area contributed by atoms with Crippen LogP contribution in [0.2, 0.25) is 0 Å². The first-order valence-electron chi connectivity index (χ1n) is 1.50. The monoisotopic (exact) mass is 421 g/mol. The van der Waals surface area contributed by atoms with Crippen LogP contribution in [0.1, 0.15) is 0 Å². The van der Waals surface area contributed by atoms with E-state index in [0.717, 1.165) is 0 Å². The minimum atomic E-state index is 1.19. The zero-order valence-corrected chi connectivity index (χ0v) is 11.1. The summed E-state index contributed by atoms with van der Waals surface area (Å²) in [6.45, 7) is 28.5. The van der Waals surface area contributed by atoms with Crippen LogP contribution in [-0.4, -0.2) is 21.7 Å². The Morgan fingerprint density at radius 2 is 0.429 bits per heavy atom. The van der Waals surface area contributed by atoms with Crippen molar-refractivity contribution >= 4 is 21.7 Å². The summed E-state index contributed by atoms with van der Waals surface area (Å²) in [5.41, 5.74) is 0. The van der Waals surface area contributed by atoms with Crippen molar-refractivity contribution in [3.05, 3.63) is 39.4 Å². The van der Waals surface area contributed by atoms with Crippen LogP contribution in [0.25, 0.3) is 0 Å². The van der Waals surface area contributed by atoms with Gasteiger partial charge in [0.1, 0.15) is 0 Å². The van der Waals surface area contributed by atoms with Crippen molar-refractivity contribution in [3.8, 4) is 0 Å². The minimum absolute atomic E-state index is 1.19. The van der Waals surface area contributed by atoms with Gasteiger partial charge in [-0.25, -0.2) is 0 Å². The molecule has 0 aromatic carbocycles. The van der Waals surface area contributed by atoms with E-state index in [1.54, 1.807) is 0 Å². The van der Waals surface area contributed by atoms with Gasteiger partial charge in [0.15, 0.2) is 0 Å². The summed E-state index contributed by atoms with van der Waals surface area (Å²) in [6, 6.07) is 0. The third-order valence-electron chi connectivity index (χ3n) is 0. The Hall–Kier alpha value is -1.66. The van der Waals surface area contributed by atoms with E-state index in [1.165, 1.54) is 21.7 Å². The molecule has 0 aliphatic heterocycles. The van der Waals surface area contributed by atoms with Crippen molar-refractivity contribution in [2.24, 2.45) is 0 Å². The fourth-order valence-electron chi connectivity index (χ4n) is 0. The summed E-state index contributed by atoms with van der Waals surface area (Å²) < 4.78 is 0. The molecule has 0 saturated carbocycles. The summed E-state index contributed by atoms with van der Waals surface area (Å²) in [5.74, 6) is 0. The van der Waals surface area contributed by atoms with Crippen LogP contribution in [0, 0.1) is 71.0 Å². The summed E-state index contributed by atoms with van der Waals surface area (Å²) in [7, 11) is 0. The first-order chi connectivity index (χ1) is 7.00. The van der Waals surface area contributed by atoms with Crippen molar-refractivity contribution in [2.75, 3.05) is 0 Å². The molecule has 73 valence electrons. The van der Waals surface area contributed by atoms with Gasteiger partial charge in [-0.15, -0.1) is 0 Å². The van der Waals surface area contributed by atoms with Crippen molar-refractivity contribution in [2.45, 2.75) is 0 Å². The van der Waals surface area contributed by atoms with Crippen LogP contribution in [0.3, 0.4) is 0 Å². The third kappa shape index (κ3) is 329. The second-order valence-corrected chi connectivity index (χ2v) is 0. The summed E-state index contributed by atoms with van der Waals surface area (Å²) in [4.78, 5) is 0. The first kappa shape index (κ1) is 55.6. The molecule has 0 spiro atoms. The van der Waals surface area contributed by atoms with Gasteiger partial charge in [-0.1, -0.05) is 0 Å². The molecule has 0 aromatic heterocycles. The Labute approximate surface area is 104 Å². The van der Waals surface area contributed by atoms with Gasteiger partial charge in [-0.2, -0.15) is 0 Å². The molecule has 8 heteroatoms. The average Bonchev–Trinajstić information content (AvgIpc) is 2.45. The molecular weight excluding hydrogens is 421 g/mol. The Morgan fingerprint density at radius 3 is 0.429 bits per heavy atom. The number of hydrogen-bond donors (Lipinski definition) is 0. The third-order valence-corrected chi connectivity index (χ3v) is 0. The molecule has 0 aliphatic rings. The van der Waals surface area contributed by atoms with Crippen molar-refractivity contribution in [1.82, 2.24) is 0 Å². The first-order valence-corrected chi connectivity index (χ1v) is 7.06. The van der Waals surface area contributed by atoms with Gasteiger partial charge in [0.25, 0.3) is 0 Å². The van der Waals surface area contributed by atoms with E-state index in [4.69, 9.17) is 71.0 Å². The van der Waals surface area contributed by atoms with Crippen molar-refractivity contribution < 1.29 is 11.7 Å². The van der Waals surface area contributed by atoms with Crippen LogP contribution in [0.15, 0.2) is 0 Å². The molecule has 0 fully saturated rings. The van der Waals surface area contributed by atoms with Gasteiger partial charge >= 0.3 is 33.5 Å². The maximum atomic E-state index is 6.25. The van der Waals surface area contributed by atoms with Gasteiger partial charge in [0, 0.05) is 0 Å². The van der Waals surface area contributed by atoms with Crippen LogP contribution >= 0.6 is 0 Å². The molecule has 0 N–H and O–H groups in total. The zero-order valence-electron chi connectivity index (χ0n) is 6.48. The molecule has 0 bridgehead atoms. The Morgan fingerprint density at radius 1 is 0.429 bits per heavy atom. The van der Waals surface area contributed by atoms with Gasteiger partial charge in [-0.3, -0.25) is 0 Å². The normalized spacial score (nSPS) is 1.21. The molecule has 6 nitrogen and oxygen atoms in total. The van der Waals surface area contributed by atoms with Crippen LogP contribution in [0.5, 0.6) is 0 Å². The van der Waals surface area contributed by atoms with E-state index >= 15 is 0 Å². The molecule has 0 saturated heterocycles. The predicted molar refractivity (Wildman–Crippen MR) is 35.6 cm³/mol. The van der Waals surface area contributed by atoms with E-state index in [2.05, 4.69) is 11.7 Å². The van der Waals surface area contributed by atoms with E-state index < -0.39 is 0 Å². The summed E-state index contributed by atoms with van der Waals surface area (Å²) >= 11 is 4.56. The van der Waals surface area contributed by atoms with Gasteiger partial charge in [0.2, 0.25) is 0 Å². The standard InChI is InChI=1S/6CN.Bi.Fe/c6*1-2;;/q6*-1;;. The molecule has 0 aromatic rings. The topological polar surface area (TPSA) is 143 Å². The number of rotatable bonds is 0. The number of hydrogen-bond acceptors (Lipinski definition) is 6. The SMILES string of the molecule is [C-]#N.[C-]#N.[C-]#N.[C-]#N.[C-]#N.[C-]#N.[Fe]=[Bi]. The summed E-state index contributed by atoms with van der Waals surface area (Å²) in [5, 5.41) is 37.5. The van der Waals surface area contributed by atoms with Crippen molar-refractivity contribution in [3.63, 3.8) is 0 Å². The molecule has 0 aliphatic carbocycles. The number of nitrogens with zero attached hydrogens (tertiary/aromatic N) is 6. The molecule has 0 amide bonds. The predicted octanol–water partition coefficient (Wildman–Crippen LogP) is 0.195. The Kier molecular flexibility index (Phi) is 1760. The Balaban J connectivity index is -0.00000000817. The van der Waals surface area contributed by atoms with E-state index in [1.807, 2.05) is 0 Å². The van der Waals surface area contributed by atoms with Gasteiger partial charge in [0.05, 0.1) is 0 Å². The Bertz CT molecular complexity index is 109.